The zero-order chi connectivity index (χ0) is 19.4. The second-order valence-electron chi connectivity index (χ2n) is 7.17. The van der Waals surface area contributed by atoms with Crippen LogP contribution in [-0.2, 0) is 0 Å². The lowest BCUT2D eigenvalue weighted by Crippen LogP contribution is -2.39. The Hall–Kier alpha value is -2.63. The topological polar surface area (TPSA) is 64.5 Å². The number of benzene rings is 1. The minimum Gasteiger partial charge on any atom is -0.493 e. The Bertz CT molecular complexity index is 807. The molecule has 2 aromatic rings. The molecule has 27 heavy (non-hydrogen) atoms. The fourth-order valence-corrected chi connectivity index (χ4v) is 3.47. The summed E-state index contributed by atoms with van der Waals surface area (Å²) in [4.78, 5) is 24.0. The van der Waals surface area contributed by atoms with Crippen LogP contribution in [0.15, 0.2) is 30.6 Å². The molecule has 0 amide bonds. The first kappa shape index (κ1) is 19.1. The molecule has 6 heteroatoms. The number of methoxy groups -OCH3 is 2. The summed E-state index contributed by atoms with van der Waals surface area (Å²) in [6.45, 7) is 5.81. The minimum atomic E-state index is -0.0608. The number of hydrogen-bond acceptors (Lipinski definition) is 6. The molecule has 2 heterocycles. The molecule has 1 fully saturated rings. The molecule has 1 aliphatic heterocycles. The number of anilines is 1. The van der Waals surface area contributed by atoms with E-state index in [1.165, 1.54) is 0 Å². The summed E-state index contributed by atoms with van der Waals surface area (Å²) in [5.41, 5.74) is 1.68. The van der Waals surface area contributed by atoms with Crippen LogP contribution in [0.4, 0.5) is 5.82 Å². The van der Waals surface area contributed by atoms with Gasteiger partial charge in [0.25, 0.3) is 0 Å². The molecule has 0 aliphatic carbocycles. The summed E-state index contributed by atoms with van der Waals surface area (Å²) in [7, 11) is 3.17. The quantitative estimate of drug-likeness (QED) is 0.723. The van der Waals surface area contributed by atoms with E-state index in [4.69, 9.17) is 9.47 Å². The van der Waals surface area contributed by atoms with E-state index in [2.05, 4.69) is 28.7 Å². The number of piperidine rings is 1. The average Bonchev–Trinajstić information content (AvgIpc) is 2.72. The summed E-state index contributed by atoms with van der Waals surface area (Å²) in [6, 6.07) is 7.39. The van der Waals surface area contributed by atoms with Crippen molar-refractivity contribution in [1.82, 2.24) is 9.97 Å². The summed E-state index contributed by atoms with van der Waals surface area (Å²) in [5, 5.41) is 0. The molecule has 1 aromatic heterocycles. The predicted octanol–water partition coefficient (Wildman–Crippen LogP) is 3.72. The number of carbonyl (C=O) groups is 1. The Labute approximate surface area is 160 Å². The van der Waals surface area contributed by atoms with Gasteiger partial charge in [0.1, 0.15) is 12.1 Å². The molecule has 3 rings (SSSR count). The predicted molar refractivity (Wildman–Crippen MR) is 105 cm³/mol. The van der Waals surface area contributed by atoms with Crippen molar-refractivity contribution in [3.8, 4) is 11.5 Å². The highest BCUT2D eigenvalue weighted by atomic mass is 16.5. The van der Waals surface area contributed by atoms with E-state index < -0.39 is 0 Å². The fourth-order valence-electron chi connectivity index (χ4n) is 3.47. The zero-order valence-electron chi connectivity index (χ0n) is 16.4. The van der Waals surface area contributed by atoms with Crippen molar-refractivity contribution >= 4 is 11.6 Å². The first-order valence-electron chi connectivity index (χ1n) is 9.36. The summed E-state index contributed by atoms with van der Waals surface area (Å²) in [5.74, 6) is 2.53. The first-order chi connectivity index (χ1) is 13.0. The number of rotatable bonds is 6. The number of nitrogens with zero attached hydrogens (tertiary/aromatic N) is 3. The standard InChI is InChI=1S/C21H27N3O3/c1-14(2)17-11-20(23-13-22-17)24-9-5-6-16(12-24)21(25)15-7-8-18(26-3)19(10-15)27-4/h7-8,10-11,13-14,16H,5-6,9,12H2,1-4H3/t16-/m1/s1. The third-order valence-corrected chi connectivity index (χ3v) is 5.05. The molecule has 1 saturated heterocycles. The second kappa shape index (κ2) is 8.37. The van der Waals surface area contributed by atoms with E-state index >= 15 is 0 Å². The third kappa shape index (κ3) is 4.21. The molecule has 1 aliphatic rings. The van der Waals surface area contributed by atoms with Gasteiger partial charge in [0.2, 0.25) is 0 Å². The fraction of sp³-hybridized carbons (Fsp3) is 0.476. The molecular weight excluding hydrogens is 342 g/mol. The second-order valence-corrected chi connectivity index (χ2v) is 7.17. The van der Waals surface area contributed by atoms with Crippen LogP contribution in [-0.4, -0.2) is 43.1 Å². The Morgan fingerprint density at radius 2 is 1.93 bits per heavy atom. The van der Waals surface area contributed by atoms with Crippen LogP contribution in [0.1, 0.15) is 48.7 Å². The van der Waals surface area contributed by atoms with Gasteiger partial charge >= 0.3 is 0 Å². The molecule has 0 N–H and O–H groups in total. The minimum absolute atomic E-state index is 0.0608. The van der Waals surface area contributed by atoms with Crippen LogP contribution in [0, 0.1) is 5.92 Å². The van der Waals surface area contributed by atoms with Crippen LogP contribution < -0.4 is 14.4 Å². The van der Waals surface area contributed by atoms with Crippen molar-refractivity contribution in [2.24, 2.45) is 5.92 Å². The Kier molecular flexibility index (Phi) is 5.94. The van der Waals surface area contributed by atoms with Gasteiger partial charge in [-0.1, -0.05) is 13.8 Å². The third-order valence-electron chi connectivity index (χ3n) is 5.05. The number of hydrogen-bond donors (Lipinski definition) is 0. The molecule has 1 aromatic carbocycles. The van der Waals surface area contributed by atoms with Crippen LogP contribution in [0.3, 0.4) is 0 Å². The maximum Gasteiger partial charge on any atom is 0.167 e. The summed E-state index contributed by atoms with van der Waals surface area (Å²) in [6.07, 6.45) is 3.46. The molecule has 0 saturated carbocycles. The molecule has 0 unspecified atom stereocenters. The first-order valence-corrected chi connectivity index (χ1v) is 9.36. The lowest BCUT2D eigenvalue weighted by molar-refractivity contribution is 0.0906. The molecule has 0 spiro atoms. The number of aromatic nitrogens is 2. The maximum atomic E-state index is 13.1. The van der Waals surface area contributed by atoms with E-state index in [1.807, 2.05) is 12.1 Å². The molecule has 0 bridgehead atoms. The van der Waals surface area contributed by atoms with Crippen molar-refractivity contribution < 1.29 is 14.3 Å². The van der Waals surface area contributed by atoms with Gasteiger partial charge in [-0.25, -0.2) is 9.97 Å². The Morgan fingerprint density at radius 3 is 2.63 bits per heavy atom. The van der Waals surface area contributed by atoms with Crippen molar-refractivity contribution in [2.75, 3.05) is 32.2 Å². The van der Waals surface area contributed by atoms with E-state index in [9.17, 15) is 4.79 Å². The molecule has 6 nitrogen and oxygen atoms in total. The van der Waals surface area contributed by atoms with Gasteiger partial charge in [0.05, 0.1) is 14.2 Å². The van der Waals surface area contributed by atoms with Crippen LogP contribution >= 0.6 is 0 Å². The van der Waals surface area contributed by atoms with Crippen molar-refractivity contribution in [2.45, 2.75) is 32.6 Å². The van der Waals surface area contributed by atoms with Gasteiger partial charge in [-0.3, -0.25) is 4.79 Å². The van der Waals surface area contributed by atoms with E-state index in [0.717, 1.165) is 30.9 Å². The highest BCUT2D eigenvalue weighted by Gasteiger charge is 2.28. The van der Waals surface area contributed by atoms with Gasteiger partial charge in [-0.05, 0) is 37.0 Å². The van der Waals surface area contributed by atoms with E-state index in [-0.39, 0.29) is 11.7 Å². The highest BCUT2D eigenvalue weighted by Crippen LogP contribution is 2.31. The monoisotopic (exact) mass is 369 g/mol. The molecule has 144 valence electrons. The molecule has 0 radical (unpaired) electrons. The summed E-state index contributed by atoms with van der Waals surface area (Å²) >= 11 is 0. The number of ether oxygens (including phenoxy) is 2. The molecular formula is C21H27N3O3. The summed E-state index contributed by atoms with van der Waals surface area (Å²) < 4.78 is 10.6. The van der Waals surface area contributed by atoms with Crippen molar-refractivity contribution in [3.63, 3.8) is 0 Å². The average molecular weight is 369 g/mol. The SMILES string of the molecule is COc1ccc(C(=O)[C@@H]2CCCN(c3cc(C(C)C)ncn3)C2)cc1OC. The van der Waals surface area contributed by atoms with Gasteiger partial charge in [-0.2, -0.15) is 0 Å². The van der Waals surface area contributed by atoms with Gasteiger partial charge in [-0.15, -0.1) is 0 Å². The lowest BCUT2D eigenvalue weighted by atomic mass is 9.89. The van der Waals surface area contributed by atoms with Crippen LogP contribution in [0.2, 0.25) is 0 Å². The van der Waals surface area contributed by atoms with Crippen molar-refractivity contribution in [3.05, 3.63) is 41.9 Å². The van der Waals surface area contributed by atoms with Gasteiger partial charge in [0.15, 0.2) is 17.3 Å². The van der Waals surface area contributed by atoms with E-state index in [1.54, 1.807) is 32.7 Å². The number of ketones is 1. The smallest absolute Gasteiger partial charge is 0.167 e. The van der Waals surface area contributed by atoms with E-state index in [0.29, 0.717) is 29.5 Å². The molecule has 1 atom stereocenters. The van der Waals surface area contributed by atoms with Crippen molar-refractivity contribution in [1.29, 1.82) is 0 Å². The zero-order valence-corrected chi connectivity index (χ0v) is 16.4. The normalized spacial score (nSPS) is 17.1. The Balaban J connectivity index is 1.78. The van der Waals surface area contributed by atoms with Gasteiger partial charge in [0, 0.05) is 36.3 Å². The van der Waals surface area contributed by atoms with Gasteiger partial charge < -0.3 is 14.4 Å². The Morgan fingerprint density at radius 1 is 1.15 bits per heavy atom. The van der Waals surface area contributed by atoms with Crippen LogP contribution in [0.5, 0.6) is 11.5 Å². The number of carbonyl (C=O) groups excluding carboxylic acids is 1. The van der Waals surface area contributed by atoms with Crippen LogP contribution in [0.25, 0.3) is 0 Å². The largest absolute Gasteiger partial charge is 0.493 e. The lowest BCUT2D eigenvalue weighted by Gasteiger charge is -2.33. The number of Topliss-reactive ketones (excluding diaryl/α,β-unsaturated/α-hetero) is 1. The maximum absolute atomic E-state index is 13.1. The highest BCUT2D eigenvalue weighted by molar-refractivity contribution is 5.98.